The highest BCUT2D eigenvalue weighted by atomic mass is 32.2. The van der Waals surface area contributed by atoms with Crippen LogP contribution in [0.4, 0.5) is 0 Å². The van der Waals surface area contributed by atoms with Gasteiger partial charge in [0.2, 0.25) is 15.9 Å². The summed E-state index contributed by atoms with van der Waals surface area (Å²) in [4.78, 5) is 11.9. The fraction of sp³-hybridized carbons (Fsp3) is 0.353. The molecule has 1 N–H and O–H groups in total. The van der Waals surface area contributed by atoms with Crippen LogP contribution in [0.2, 0.25) is 0 Å². The zero-order valence-corrected chi connectivity index (χ0v) is 14.5. The van der Waals surface area contributed by atoms with Crippen molar-refractivity contribution >= 4 is 15.9 Å². The Morgan fingerprint density at radius 3 is 2.54 bits per heavy atom. The van der Waals surface area contributed by atoms with Gasteiger partial charge in [0.15, 0.2) is 0 Å². The topological polar surface area (TPSA) is 79.6 Å². The fourth-order valence-electron chi connectivity index (χ4n) is 2.24. The highest BCUT2D eigenvalue weighted by Gasteiger charge is 2.19. The van der Waals surface area contributed by atoms with E-state index in [0.717, 1.165) is 18.2 Å². The highest BCUT2D eigenvalue weighted by Crippen LogP contribution is 2.09. The van der Waals surface area contributed by atoms with Crippen LogP contribution in [0.5, 0.6) is 0 Å². The molecule has 0 saturated carbocycles. The summed E-state index contributed by atoms with van der Waals surface area (Å²) in [6.45, 7) is 0.778. The Labute approximate surface area is 142 Å². The summed E-state index contributed by atoms with van der Waals surface area (Å²) in [6, 6.07) is 13.3. The molecule has 6 nitrogen and oxygen atoms in total. The largest absolute Gasteiger partial charge is 0.468 e. The predicted molar refractivity (Wildman–Crippen MR) is 91.7 cm³/mol. The van der Waals surface area contributed by atoms with E-state index in [0.29, 0.717) is 12.3 Å². The zero-order chi connectivity index (χ0) is 17.4. The number of hydrogen-bond acceptors (Lipinski definition) is 4. The Balaban J connectivity index is 1.77. The van der Waals surface area contributed by atoms with E-state index in [2.05, 4.69) is 5.32 Å². The lowest BCUT2D eigenvalue weighted by Crippen LogP contribution is -2.34. The lowest BCUT2D eigenvalue weighted by atomic mass is 10.1. The first-order valence-corrected chi connectivity index (χ1v) is 9.58. The summed E-state index contributed by atoms with van der Waals surface area (Å²) >= 11 is 0. The Hall–Kier alpha value is -2.12. The fourth-order valence-corrected chi connectivity index (χ4v) is 3.03. The molecule has 0 saturated heterocycles. The quantitative estimate of drug-likeness (QED) is 0.748. The number of rotatable bonds is 9. The summed E-state index contributed by atoms with van der Waals surface area (Å²) in [5.74, 6) is 0.379. The van der Waals surface area contributed by atoms with E-state index in [9.17, 15) is 13.2 Å². The second-order valence-electron chi connectivity index (χ2n) is 5.51. The summed E-state index contributed by atoms with van der Waals surface area (Å²) in [6.07, 6.45) is 3.48. The number of carbonyl (C=O) groups is 1. The molecule has 0 bridgehead atoms. The summed E-state index contributed by atoms with van der Waals surface area (Å²) in [7, 11) is -3.41. The molecule has 1 amide bonds. The maximum absolute atomic E-state index is 11.9. The van der Waals surface area contributed by atoms with Gasteiger partial charge in [-0.2, -0.15) is 4.31 Å². The minimum absolute atomic E-state index is 0.114. The lowest BCUT2D eigenvalue weighted by Gasteiger charge is -2.18. The smallest absolute Gasteiger partial charge is 0.221 e. The van der Waals surface area contributed by atoms with Crippen LogP contribution < -0.4 is 5.32 Å². The molecule has 0 aliphatic heterocycles. The summed E-state index contributed by atoms with van der Waals surface area (Å²) in [5.41, 5.74) is 1.15. The van der Waals surface area contributed by atoms with E-state index in [1.165, 1.54) is 10.6 Å². The van der Waals surface area contributed by atoms with Crippen LogP contribution in [0.1, 0.15) is 17.7 Å². The molecule has 0 radical (unpaired) electrons. The molecule has 1 aromatic heterocycles. The van der Waals surface area contributed by atoms with Crippen LogP contribution in [-0.2, 0) is 27.8 Å². The van der Waals surface area contributed by atoms with Gasteiger partial charge in [0.25, 0.3) is 0 Å². The van der Waals surface area contributed by atoms with Crippen LogP contribution in [0.25, 0.3) is 0 Å². The van der Waals surface area contributed by atoms with Crippen LogP contribution >= 0.6 is 0 Å². The molecular weight excluding hydrogens is 328 g/mol. The lowest BCUT2D eigenvalue weighted by molar-refractivity contribution is -0.121. The maximum Gasteiger partial charge on any atom is 0.221 e. The molecule has 1 heterocycles. The molecule has 24 heavy (non-hydrogen) atoms. The first-order chi connectivity index (χ1) is 11.4. The summed E-state index contributed by atoms with van der Waals surface area (Å²) in [5, 5.41) is 2.81. The van der Waals surface area contributed by atoms with Gasteiger partial charge in [-0.05, 0) is 24.1 Å². The molecule has 0 unspecified atom stereocenters. The number of nitrogens with one attached hydrogen (secondary N) is 1. The Bertz CT molecular complexity index is 727. The normalized spacial score (nSPS) is 11.6. The van der Waals surface area contributed by atoms with Crippen molar-refractivity contribution in [3.63, 3.8) is 0 Å². The highest BCUT2D eigenvalue weighted by molar-refractivity contribution is 7.88. The molecule has 7 heteroatoms. The van der Waals surface area contributed by atoms with E-state index in [4.69, 9.17) is 4.42 Å². The minimum Gasteiger partial charge on any atom is -0.468 e. The number of hydrogen-bond donors (Lipinski definition) is 1. The number of amides is 1. The van der Waals surface area contributed by atoms with E-state index in [-0.39, 0.29) is 25.4 Å². The van der Waals surface area contributed by atoms with Gasteiger partial charge >= 0.3 is 0 Å². The molecule has 0 aliphatic rings. The van der Waals surface area contributed by atoms with Crippen LogP contribution in [0.15, 0.2) is 53.1 Å². The van der Waals surface area contributed by atoms with Crippen molar-refractivity contribution < 1.29 is 17.6 Å². The first kappa shape index (κ1) is 18.2. The van der Waals surface area contributed by atoms with Crippen LogP contribution in [0.3, 0.4) is 0 Å². The summed E-state index contributed by atoms with van der Waals surface area (Å²) < 4.78 is 30.1. The average Bonchev–Trinajstić information content (AvgIpc) is 3.04. The SMILES string of the molecule is CS(=O)(=O)N(CCC(=O)NCCc1ccccc1)Cc1ccco1. The van der Waals surface area contributed by atoms with Gasteiger partial charge in [0, 0.05) is 19.5 Å². The Kier molecular flexibility index (Phi) is 6.57. The minimum atomic E-state index is -3.41. The van der Waals surface area contributed by atoms with Gasteiger partial charge in [0.05, 0.1) is 19.1 Å². The van der Waals surface area contributed by atoms with E-state index in [1.807, 2.05) is 30.3 Å². The van der Waals surface area contributed by atoms with Crippen LogP contribution in [-0.4, -0.2) is 38.0 Å². The molecular formula is C17H22N2O4S. The van der Waals surface area contributed by atoms with E-state index >= 15 is 0 Å². The second-order valence-corrected chi connectivity index (χ2v) is 7.49. The molecule has 0 spiro atoms. The van der Waals surface area contributed by atoms with Gasteiger partial charge in [-0.15, -0.1) is 0 Å². The van der Waals surface area contributed by atoms with Crippen molar-refractivity contribution in [3.8, 4) is 0 Å². The van der Waals surface area contributed by atoms with E-state index < -0.39 is 10.0 Å². The number of nitrogens with zero attached hydrogens (tertiary/aromatic N) is 1. The number of sulfonamides is 1. The van der Waals surface area contributed by atoms with E-state index in [1.54, 1.807) is 12.1 Å². The second kappa shape index (κ2) is 8.65. The standard InChI is InChI=1S/C17H22N2O4S/c1-24(21,22)19(14-16-8-5-13-23-16)12-10-17(20)18-11-9-15-6-3-2-4-7-15/h2-8,13H,9-12,14H2,1H3,(H,18,20). The number of benzene rings is 1. The van der Waals surface area contributed by atoms with Crippen molar-refractivity contribution in [1.82, 2.24) is 9.62 Å². The third-order valence-electron chi connectivity index (χ3n) is 3.55. The van der Waals surface area contributed by atoms with Gasteiger partial charge < -0.3 is 9.73 Å². The maximum atomic E-state index is 11.9. The molecule has 0 fully saturated rings. The molecule has 2 rings (SSSR count). The molecule has 0 atom stereocenters. The van der Waals surface area contributed by atoms with Gasteiger partial charge in [-0.3, -0.25) is 4.79 Å². The zero-order valence-electron chi connectivity index (χ0n) is 13.6. The molecule has 2 aromatic rings. The first-order valence-electron chi connectivity index (χ1n) is 7.73. The third kappa shape index (κ3) is 6.17. The number of carbonyl (C=O) groups excluding carboxylic acids is 1. The van der Waals surface area contributed by atoms with Crippen molar-refractivity contribution in [2.24, 2.45) is 0 Å². The van der Waals surface area contributed by atoms with Gasteiger partial charge in [-0.25, -0.2) is 8.42 Å². The van der Waals surface area contributed by atoms with Crippen molar-refractivity contribution in [1.29, 1.82) is 0 Å². The Morgan fingerprint density at radius 2 is 1.92 bits per heavy atom. The molecule has 0 aliphatic carbocycles. The monoisotopic (exact) mass is 350 g/mol. The van der Waals surface area contributed by atoms with Gasteiger partial charge in [-0.1, -0.05) is 30.3 Å². The Morgan fingerprint density at radius 1 is 1.17 bits per heavy atom. The number of furan rings is 1. The molecule has 1 aromatic carbocycles. The predicted octanol–water partition coefficient (Wildman–Crippen LogP) is 1.79. The van der Waals surface area contributed by atoms with Crippen molar-refractivity contribution in [2.75, 3.05) is 19.3 Å². The van der Waals surface area contributed by atoms with Crippen molar-refractivity contribution in [2.45, 2.75) is 19.4 Å². The third-order valence-corrected chi connectivity index (χ3v) is 4.80. The molecule has 130 valence electrons. The van der Waals surface area contributed by atoms with Gasteiger partial charge in [0.1, 0.15) is 5.76 Å². The van der Waals surface area contributed by atoms with Crippen LogP contribution in [0, 0.1) is 0 Å². The van der Waals surface area contributed by atoms with Crippen molar-refractivity contribution in [3.05, 3.63) is 60.1 Å². The average molecular weight is 350 g/mol.